The van der Waals surface area contributed by atoms with Crippen molar-refractivity contribution in [3.63, 3.8) is 0 Å². The zero-order chi connectivity index (χ0) is 12.0. The fourth-order valence-electron chi connectivity index (χ4n) is 1.60. The minimum absolute atomic E-state index is 0.555. The van der Waals surface area contributed by atoms with Gasteiger partial charge >= 0.3 is 0 Å². The smallest absolute Gasteiger partial charge is 0.173 e. The maximum absolute atomic E-state index is 5.96. The Morgan fingerprint density at radius 1 is 1.29 bits per heavy atom. The number of halogens is 1. The Morgan fingerprint density at radius 3 is 2.82 bits per heavy atom. The summed E-state index contributed by atoms with van der Waals surface area (Å²) in [4.78, 5) is 12.1. The first-order valence-electron chi connectivity index (χ1n) is 4.91. The minimum atomic E-state index is 0.555. The molecule has 0 saturated carbocycles. The zero-order valence-electron chi connectivity index (χ0n) is 8.90. The van der Waals surface area contributed by atoms with Crippen molar-refractivity contribution in [1.29, 1.82) is 0 Å². The molecule has 17 heavy (non-hydrogen) atoms. The van der Waals surface area contributed by atoms with Crippen molar-refractivity contribution in [2.75, 3.05) is 5.73 Å². The van der Waals surface area contributed by atoms with Crippen molar-refractivity contribution >= 4 is 54.6 Å². The summed E-state index contributed by atoms with van der Waals surface area (Å²) >= 11 is 6.68. The van der Waals surface area contributed by atoms with Crippen LogP contribution < -0.4 is 5.73 Å². The number of rotatable bonds is 1. The molecule has 3 heterocycles. The largest absolute Gasteiger partial charge is 0.383 e. The number of nitrogens with zero attached hydrogens (tertiary/aromatic N) is 2. The van der Waals surface area contributed by atoms with Gasteiger partial charge in [-0.05, 0) is 35.0 Å². The molecule has 0 saturated heterocycles. The molecular weight excluding hydrogens is 318 g/mol. The van der Waals surface area contributed by atoms with E-state index in [0.29, 0.717) is 11.6 Å². The van der Waals surface area contributed by atoms with Crippen LogP contribution in [0.15, 0.2) is 22.0 Å². The summed E-state index contributed by atoms with van der Waals surface area (Å²) < 4.78 is 1.04. The number of aromatic nitrogens is 2. The summed E-state index contributed by atoms with van der Waals surface area (Å²) in [5, 5.41) is 2.96. The van der Waals surface area contributed by atoms with Gasteiger partial charge in [-0.1, -0.05) is 0 Å². The van der Waals surface area contributed by atoms with E-state index >= 15 is 0 Å². The van der Waals surface area contributed by atoms with Gasteiger partial charge in [-0.3, -0.25) is 0 Å². The molecule has 3 aromatic rings. The lowest BCUT2D eigenvalue weighted by atomic mass is 10.3. The molecule has 3 nitrogen and oxygen atoms in total. The third-order valence-corrected chi connectivity index (χ3v) is 4.96. The van der Waals surface area contributed by atoms with Gasteiger partial charge in [-0.15, -0.1) is 22.7 Å². The average molecular weight is 326 g/mol. The third-order valence-electron chi connectivity index (χ3n) is 2.33. The molecular formula is C11H8BrN3S2. The Labute approximate surface area is 114 Å². The van der Waals surface area contributed by atoms with E-state index in [1.165, 1.54) is 4.88 Å². The molecule has 2 N–H and O–H groups in total. The van der Waals surface area contributed by atoms with Crippen LogP contribution >= 0.6 is 38.6 Å². The van der Waals surface area contributed by atoms with Crippen LogP contribution in [0.25, 0.3) is 20.9 Å². The molecule has 0 atom stereocenters. The van der Waals surface area contributed by atoms with Gasteiger partial charge in [0.05, 0.1) is 10.3 Å². The highest BCUT2D eigenvalue weighted by Crippen LogP contribution is 2.32. The van der Waals surface area contributed by atoms with E-state index in [1.54, 1.807) is 22.7 Å². The maximum atomic E-state index is 5.96. The van der Waals surface area contributed by atoms with Crippen LogP contribution in [0.3, 0.4) is 0 Å². The highest BCUT2D eigenvalue weighted by molar-refractivity contribution is 9.10. The van der Waals surface area contributed by atoms with Crippen LogP contribution in [0.2, 0.25) is 0 Å². The van der Waals surface area contributed by atoms with Crippen LogP contribution in [0.1, 0.15) is 4.88 Å². The van der Waals surface area contributed by atoms with E-state index in [4.69, 9.17) is 5.73 Å². The Kier molecular flexibility index (Phi) is 2.65. The normalized spacial score (nSPS) is 11.2. The van der Waals surface area contributed by atoms with E-state index in [1.807, 2.05) is 24.4 Å². The highest BCUT2D eigenvalue weighted by Gasteiger charge is 2.11. The number of thiophene rings is 2. The molecule has 0 aromatic carbocycles. The summed E-state index contributed by atoms with van der Waals surface area (Å²) in [6.45, 7) is 2.05. The summed E-state index contributed by atoms with van der Waals surface area (Å²) in [6, 6.07) is 4.04. The van der Waals surface area contributed by atoms with Crippen molar-refractivity contribution < 1.29 is 0 Å². The molecule has 0 unspecified atom stereocenters. The van der Waals surface area contributed by atoms with Crippen molar-refractivity contribution in [1.82, 2.24) is 9.97 Å². The van der Waals surface area contributed by atoms with Gasteiger partial charge in [-0.2, -0.15) is 0 Å². The first-order chi connectivity index (χ1) is 8.13. The summed E-state index contributed by atoms with van der Waals surface area (Å²) in [5.74, 6) is 1.26. The Bertz CT molecular complexity index is 702. The third kappa shape index (κ3) is 1.96. The van der Waals surface area contributed by atoms with Crippen LogP contribution in [-0.2, 0) is 0 Å². The number of nitrogens with two attached hydrogens (primary N) is 1. The van der Waals surface area contributed by atoms with Gasteiger partial charge in [0, 0.05) is 14.7 Å². The Morgan fingerprint density at radius 2 is 2.12 bits per heavy atom. The van der Waals surface area contributed by atoms with Crippen molar-refractivity contribution in [2.45, 2.75) is 6.92 Å². The summed E-state index contributed by atoms with van der Waals surface area (Å²) in [7, 11) is 0. The zero-order valence-corrected chi connectivity index (χ0v) is 12.1. The summed E-state index contributed by atoms with van der Waals surface area (Å²) in [5.41, 5.74) is 5.96. The first kappa shape index (κ1) is 11.1. The second-order valence-electron chi connectivity index (χ2n) is 3.64. The van der Waals surface area contributed by atoms with Crippen molar-refractivity contribution in [2.24, 2.45) is 0 Å². The van der Waals surface area contributed by atoms with E-state index in [-0.39, 0.29) is 0 Å². The molecule has 86 valence electrons. The predicted octanol–water partition coefficient (Wildman–Crippen LogP) is 4.07. The number of anilines is 1. The fraction of sp³-hybridized carbons (Fsp3) is 0.0909. The van der Waals surface area contributed by atoms with E-state index in [2.05, 4.69) is 25.9 Å². The lowest BCUT2D eigenvalue weighted by Crippen LogP contribution is -1.94. The number of hydrogen-bond donors (Lipinski definition) is 1. The van der Waals surface area contributed by atoms with Gasteiger partial charge in [0.25, 0.3) is 0 Å². The van der Waals surface area contributed by atoms with Crippen LogP contribution in [0.4, 0.5) is 5.82 Å². The summed E-state index contributed by atoms with van der Waals surface area (Å²) in [6.07, 6.45) is 0. The predicted molar refractivity (Wildman–Crippen MR) is 77.6 cm³/mol. The van der Waals surface area contributed by atoms with E-state index in [9.17, 15) is 0 Å². The van der Waals surface area contributed by atoms with Gasteiger partial charge in [0.15, 0.2) is 5.82 Å². The number of nitrogen functional groups attached to an aromatic ring is 1. The van der Waals surface area contributed by atoms with Gasteiger partial charge in [-0.25, -0.2) is 9.97 Å². The average Bonchev–Trinajstić information content (AvgIpc) is 2.83. The number of fused-ring (bicyclic) bond motifs is 1. The molecule has 6 heteroatoms. The van der Waals surface area contributed by atoms with Crippen LogP contribution in [0, 0.1) is 6.92 Å². The highest BCUT2D eigenvalue weighted by atomic mass is 79.9. The molecule has 3 rings (SSSR count). The second kappa shape index (κ2) is 4.04. The standard InChI is InChI=1S/C11H8BrN3S2/c1-5-2-7-9(13)14-10(15-11(7)17-5)8-3-6(12)4-16-8/h2-4H,1H3,(H2,13,14,15). The van der Waals surface area contributed by atoms with Crippen LogP contribution in [-0.4, -0.2) is 9.97 Å². The number of hydrogen-bond acceptors (Lipinski definition) is 5. The molecule has 0 aliphatic heterocycles. The van der Waals surface area contributed by atoms with E-state index < -0.39 is 0 Å². The lowest BCUT2D eigenvalue weighted by Gasteiger charge is -1.99. The molecule has 0 amide bonds. The van der Waals surface area contributed by atoms with Gasteiger partial charge in [0.1, 0.15) is 10.6 Å². The fourth-order valence-corrected chi connectivity index (χ4v) is 3.85. The quantitative estimate of drug-likeness (QED) is 0.733. The molecule has 0 spiro atoms. The molecule has 0 radical (unpaired) electrons. The lowest BCUT2D eigenvalue weighted by molar-refractivity contribution is 1.26. The maximum Gasteiger partial charge on any atom is 0.173 e. The van der Waals surface area contributed by atoms with Crippen molar-refractivity contribution in [3.8, 4) is 10.7 Å². The Hall–Kier alpha value is -0.980. The number of aryl methyl sites for hydroxylation is 1. The van der Waals surface area contributed by atoms with E-state index in [0.717, 1.165) is 19.6 Å². The Balaban J connectivity index is 2.24. The molecule has 0 aliphatic carbocycles. The second-order valence-corrected chi connectivity index (χ2v) is 6.70. The molecule has 0 aliphatic rings. The monoisotopic (exact) mass is 325 g/mol. The molecule has 3 aromatic heterocycles. The topological polar surface area (TPSA) is 51.8 Å². The van der Waals surface area contributed by atoms with Crippen molar-refractivity contribution in [3.05, 3.63) is 26.9 Å². The van der Waals surface area contributed by atoms with Gasteiger partial charge < -0.3 is 5.73 Å². The SMILES string of the molecule is Cc1cc2c(N)nc(-c3cc(Br)cs3)nc2s1. The van der Waals surface area contributed by atoms with Crippen LogP contribution in [0.5, 0.6) is 0 Å². The molecule has 0 bridgehead atoms. The molecule has 0 fully saturated rings. The minimum Gasteiger partial charge on any atom is -0.383 e. The van der Waals surface area contributed by atoms with Gasteiger partial charge in [0.2, 0.25) is 0 Å². The first-order valence-corrected chi connectivity index (χ1v) is 7.40.